The minimum atomic E-state index is -0.864. The van der Waals surface area contributed by atoms with Crippen LogP contribution in [0, 0.1) is 3.57 Å². The van der Waals surface area contributed by atoms with Crippen molar-refractivity contribution >= 4 is 31.6 Å². The molecule has 0 heterocycles. The van der Waals surface area contributed by atoms with Gasteiger partial charge in [-0.1, -0.05) is 18.2 Å². The van der Waals surface area contributed by atoms with E-state index in [2.05, 4.69) is 60.0 Å². The first-order valence-corrected chi connectivity index (χ1v) is 7.91. The summed E-state index contributed by atoms with van der Waals surface area (Å²) in [5.41, 5.74) is 1.30. The molecule has 12 heavy (non-hydrogen) atoms. The van der Waals surface area contributed by atoms with Crippen molar-refractivity contribution < 1.29 is 4.43 Å². The number of hydrogen-bond donors (Lipinski definition) is 0. The van der Waals surface area contributed by atoms with Gasteiger partial charge in [-0.2, -0.15) is 0 Å². The van der Waals surface area contributed by atoms with Crippen LogP contribution in [0.3, 0.4) is 0 Å². The molecule has 1 rings (SSSR count). The van der Waals surface area contributed by atoms with E-state index in [0.717, 1.165) is 6.61 Å². The Morgan fingerprint density at radius 2 is 2.00 bits per heavy atom. The summed E-state index contributed by atoms with van der Waals surface area (Å²) in [5.74, 6) is 0. The highest BCUT2D eigenvalue weighted by atomic mass is 127. The summed E-state index contributed by atoms with van der Waals surface area (Å²) in [6, 6.07) is 8.35. The lowest BCUT2D eigenvalue weighted by Crippen LogP contribution is -2.07. The Hall–Kier alpha value is 0.127. The van der Waals surface area contributed by atoms with Crippen LogP contribution in [0.15, 0.2) is 24.3 Å². The van der Waals surface area contributed by atoms with Crippen LogP contribution in [-0.4, -0.2) is 9.04 Å². The van der Waals surface area contributed by atoms with Crippen molar-refractivity contribution in [1.29, 1.82) is 0 Å². The molecule has 0 bridgehead atoms. The summed E-state index contributed by atoms with van der Waals surface area (Å²) in [6.07, 6.45) is 0. The van der Waals surface area contributed by atoms with Gasteiger partial charge in [0.15, 0.2) is 9.04 Å². The van der Waals surface area contributed by atoms with Crippen LogP contribution in [0.2, 0.25) is 13.1 Å². The van der Waals surface area contributed by atoms with Crippen LogP contribution < -0.4 is 0 Å². The third-order valence-electron chi connectivity index (χ3n) is 1.53. The molecule has 0 aliphatic rings. The maximum atomic E-state index is 5.64. The fourth-order valence-corrected chi connectivity index (χ4v) is 1.93. The lowest BCUT2D eigenvalue weighted by atomic mass is 10.2. The van der Waals surface area contributed by atoms with Gasteiger partial charge < -0.3 is 4.43 Å². The summed E-state index contributed by atoms with van der Waals surface area (Å²) >= 11 is 2.34. The van der Waals surface area contributed by atoms with Gasteiger partial charge in [0.25, 0.3) is 0 Å². The van der Waals surface area contributed by atoms with Crippen LogP contribution in [0.5, 0.6) is 0 Å². The van der Waals surface area contributed by atoms with Crippen LogP contribution in [0.25, 0.3) is 0 Å². The number of rotatable bonds is 3. The van der Waals surface area contributed by atoms with E-state index in [-0.39, 0.29) is 0 Å². The van der Waals surface area contributed by atoms with Gasteiger partial charge in [-0.05, 0) is 47.3 Å². The minimum Gasteiger partial charge on any atom is -0.416 e. The van der Waals surface area contributed by atoms with Crippen molar-refractivity contribution in [3.05, 3.63) is 33.4 Å². The molecule has 0 aliphatic heterocycles. The van der Waals surface area contributed by atoms with Crippen LogP contribution in [-0.2, 0) is 11.0 Å². The zero-order chi connectivity index (χ0) is 8.97. The third kappa shape index (κ3) is 3.24. The Morgan fingerprint density at radius 1 is 1.33 bits per heavy atom. The fraction of sp³-hybridized carbons (Fsp3) is 0.333. The smallest absolute Gasteiger partial charge is 0.171 e. The predicted octanol–water partition coefficient (Wildman–Crippen LogP) is 2.79. The highest BCUT2D eigenvalue weighted by Gasteiger charge is 2.00. The van der Waals surface area contributed by atoms with E-state index in [0.29, 0.717) is 0 Å². The Morgan fingerprint density at radius 3 is 2.58 bits per heavy atom. The molecule has 1 nitrogen and oxygen atoms in total. The Labute approximate surface area is 89.0 Å². The fourth-order valence-electron chi connectivity index (χ4n) is 0.872. The van der Waals surface area contributed by atoms with Gasteiger partial charge in [-0.25, -0.2) is 0 Å². The van der Waals surface area contributed by atoms with Crippen LogP contribution in [0.4, 0.5) is 0 Å². The molecule has 1 aromatic carbocycles. The highest BCUT2D eigenvalue weighted by Crippen LogP contribution is 2.12. The van der Waals surface area contributed by atoms with E-state index in [4.69, 9.17) is 4.43 Å². The van der Waals surface area contributed by atoms with E-state index in [9.17, 15) is 0 Å². The Bertz CT molecular complexity index is 250. The summed E-state index contributed by atoms with van der Waals surface area (Å²) in [5, 5.41) is 0. The second kappa shape index (κ2) is 4.99. The molecule has 0 N–H and O–H groups in total. The van der Waals surface area contributed by atoms with Crippen molar-refractivity contribution in [2.45, 2.75) is 19.7 Å². The maximum absolute atomic E-state index is 5.64. The van der Waals surface area contributed by atoms with Gasteiger partial charge in [0.1, 0.15) is 0 Å². The molecule has 0 radical (unpaired) electrons. The number of benzene rings is 1. The standard InChI is InChI=1S/C9H13IOSi/c1-12(2)11-7-8-5-3-4-6-9(8)10/h3-6,12H,7H2,1-2H3. The average Bonchev–Trinajstić information content (AvgIpc) is 2.03. The molecule has 1 aromatic rings. The second-order valence-corrected chi connectivity index (χ2v) is 6.54. The summed E-state index contributed by atoms with van der Waals surface area (Å²) in [4.78, 5) is 0. The molecule has 0 unspecified atom stereocenters. The van der Waals surface area contributed by atoms with Gasteiger partial charge in [-0.3, -0.25) is 0 Å². The first-order valence-electron chi connectivity index (χ1n) is 4.05. The molecular formula is C9H13IOSi. The topological polar surface area (TPSA) is 9.23 Å². The van der Waals surface area contributed by atoms with E-state index >= 15 is 0 Å². The molecule has 3 heteroatoms. The van der Waals surface area contributed by atoms with Crippen molar-refractivity contribution in [3.63, 3.8) is 0 Å². The van der Waals surface area contributed by atoms with Gasteiger partial charge in [0.05, 0.1) is 6.61 Å². The Kier molecular flexibility index (Phi) is 4.24. The lowest BCUT2D eigenvalue weighted by Gasteiger charge is -2.07. The number of halogens is 1. The normalized spacial score (nSPS) is 10.7. The quantitative estimate of drug-likeness (QED) is 0.615. The van der Waals surface area contributed by atoms with E-state index in [1.54, 1.807) is 0 Å². The van der Waals surface area contributed by atoms with E-state index < -0.39 is 9.04 Å². The average molecular weight is 292 g/mol. The molecular weight excluding hydrogens is 279 g/mol. The monoisotopic (exact) mass is 292 g/mol. The molecule has 0 aliphatic carbocycles. The third-order valence-corrected chi connectivity index (χ3v) is 3.42. The maximum Gasteiger partial charge on any atom is 0.171 e. The van der Waals surface area contributed by atoms with Gasteiger partial charge >= 0.3 is 0 Å². The first kappa shape index (κ1) is 10.2. The summed E-state index contributed by atoms with van der Waals surface area (Å²) in [7, 11) is -0.864. The largest absolute Gasteiger partial charge is 0.416 e. The highest BCUT2D eigenvalue weighted by molar-refractivity contribution is 14.1. The van der Waals surface area contributed by atoms with Crippen LogP contribution >= 0.6 is 22.6 Å². The summed E-state index contributed by atoms with van der Waals surface area (Å²) in [6.45, 7) is 5.16. The lowest BCUT2D eigenvalue weighted by molar-refractivity contribution is 0.313. The molecule has 0 spiro atoms. The van der Waals surface area contributed by atoms with Crippen molar-refractivity contribution in [2.75, 3.05) is 0 Å². The predicted molar refractivity (Wildman–Crippen MR) is 62.8 cm³/mol. The van der Waals surface area contributed by atoms with E-state index in [1.165, 1.54) is 9.13 Å². The molecule has 0 aromatic heterocycles. The zero-order valence-corrected chi connectivity index (χ0v) is 10.7. The zero-order valence-electron chi connectivity index (χ0n) is 7.38. The van der Waals surface area contributed by atoms with Crippen molar-refractivity contribution in [3.8, 4) is 0 Å². The van der Waals surface area contributed by atoms with Crippen molar-refractivity contribution in [1.82, 2.24) is 0 Å². The SMILES string of the molecule is C[SiH](C)OCc1ccccc1I. The molecule has 0 saturated carbocycles. The molecule has 66 valence electrons. The van der Waals surface area contributed by atoms with Crippen molar-refractivity contribution in [2.24, 2.45) is 0 Å². The van der Waals surface area contributed by atoms with Gasteiger partial charge in [0.2, 0.25) is 0 Å². The first-order chi connectivity index (χ1) is 5.70. The molecule has 0 amide bonds. The summed E-state index contributed by atoms with van der Waals surface area (Å²) < 4.78 is 6.94. The Balaban J connectivity index is 2.57. The minimum absolute atomic E-state index is 0.781. The van der Waals surface area contributed by atoms with Crippen LogP contribution in [0.1, 0.15) is 5.56 Å². The number of hydrogen-bond acceptors (Lipinski definition) is 1. The molecule has 0 saturated heterocycles. The van der Waals surface area contributed by atoms with Gasteiger partial charge in [0, 0.05) is 3.57 Å². The second-order valence-electron chi connectivity index (χ2n) is 2.95. The van der Waals surface area contributed by atoms with E-state index in [1.807, 2.05) is 0 Å². The van der Waals surface area contributed by atoms with Gasteiger partial charge in [-0.15, -0.1) is 0 Å². The molecule has 0 atom stereocenters. The molecule has 0 fully saturated rings.